The number of aliphatic hydroxyl groups is 2. The van der Waals surface area contributed by atoms with Crippen molar-refractivity contribution in [1.29, 1.82) is 0 Å². The lowest BCUT2D eigenvalue weighted by Gasteiger charge is -2.41. The molecule has 0 saturated heterocycles. The molecule has 0 bridgehead atoms. The molecule has 4 aromatic rings. The topological polar surface area (TPSA) is 58.9 Å². The highest BCUT2D eigenvalue weighted by atomic mass is 16.5. The molecule has 0 aromatic heterocycles. The van der Waals surface area contributed by atoms with Crippen molar-refractivity contribution in [2.45, 2.75) is 58.3 Å². The maximum Gasteiger partial charge on any atom is 0.119 e. The van der Waals surface area contributed by atoms with Gasteiger partial charge in [0.1, 0.15) is 24.7 Å². The minimum absolute atomic E-state index is 0.0107. The van der Waals surface area contributed by atoms with E-state index >= 15 is 0 Å². The molecule has 0 amide bonds. The number of allylic oxidation sites excluding steroid dienone is 4. The molecule has 0 spiro atoms. The van der Waals surface area contributed by atoms with Gasteiger partial charge in [0.05, 0.1) is 18.6 Å². The molecule has 254 valence electrons. The number of hydrogen-bond donors (Lipinski definition) is 2. The van der Waals surface area contributed by atoms with Crippen LogP contribution < -0.4 is 4.74 Å². The van der Waals surface area contributed by atoms with Gasteiger partial charge in [-0.2, -0.15) is 0 Å². The molecule has 4 heteroatoms. The van der Waals surface area contributed by atoms with Crippen LogP contribution in [0.2, 0.25) is 0 Å². The quantitative estimate of drug-likeness (QED) is 0.151. The van der Waals surface area contributed by atoms with Crippen LogP contribution in [0.3, 0.4) is 0 Å². The van der Waals surface area contributed by atoms with Gasteiger partial charge in [-0.05, 0) is 111 Å². The van der Waals surface area contributed by atoms with Gasteiger partial charge in [0, 0.05) is 0 Å². The Morgan fingerprint density at radius 2 is 1.51 bits per heavy atom. The highest BCUT2D eigenvalue weighted by Gasteiger charge is 2.50. The molecule has 0 fully saturated rings. The molecule has 4 nitrogen and oxygen atoms in total. The van der Waals surface area contributed by atoms with Gasteiger partial charge < -0.3 is 19.7 Å². The van der Waals surface area contributed by atoms with Crippen LogP contribution in [0, 0.1) is 11.8 Å². The predicted octanol–water partition coefficient (Wildman–Crippen LogP) is 9.62. The first-order valence-electron chi connectivity index (χ1n) is 17.8. The SMILES string of the molecule is CCC(C)(C)c1ccc2c(c1)C(c1ccc(OCCO)cc1)(C1C=CC(OCCO)=CC1)c1cc(C(=CC(C)C)c3ccccc3)ccc1-2. The molecule has 2 atom stereocenters. The van der Waals surface area contributed by atoms with Crippen molar-refractivity contribution in [2.24, 2.45) is 11.8 Å². The normalized spacial score (nSPS) is 18.7. The van der Waals surface area contributed by atoms with Crippen LogP contribution in [-0.2, 0) is 15.6 Å². The average Bonchev–Trinajstić information content (AvgIpc) is 3.42. The van der Waals surface area contributed by atoms with Gasteiger partial charge in [0.15, 0.2) is 0 Å². The Bertz CT molecular complexity index is 1850. The second kappa shape index (κ2) is 14.6. The molecule has 2 N–H and O–H groups in total. The first-order chi connectivity index (χ1) is 23.7. The third kappa shape index (κ3) is 6.65. The van der Waals surface area contributed by atoms with E-state index in [1.165, 1.54) is 50.1 Å². The van der Waals surface area contributed by atoms with Crippen molar-refractivity contribution in [3.8, 4) is 16.9 Å². The van der Waals surface area contributed by atoms with E-state index in [9.17, 15) is 10.2 Å². The van der Waals surface area contributed by atoms with Crippen molar-refractivity contribution >= 4 is 5.57 Å². The molecule has 49 heavy (non-hydrogen) atoms. The van der Waals surface area contributed by atoms with Crippen molar-refractivity contribution in [3.63, 3.8) is 0 Å². The molecule has 4 aromatic carbocycles. The van der Waals surface area contributed by atoms with E-state index < -0.39 is 5.41 Å². The van der Waals surface area contributed by atoms with E-state index in [1.54, 1.807) is 0 Å². The lowest BCUT2D eigenvalue weighted by Crippen LogP contribution is -2.36. The molecular formula is C45H50O4. The van der Waals surface area contributed by atoms with Crippen LogP contribution in [0.4, 0.5) is 0 Å². The van der Waals surface area contributed by atoms with Crippen LogP contribution in [0.1, 0.15) is 80.8 Å². The Labute approximate surface area is 292 Å². The number of benzene rings is 4. The second-order valence-electron chi connectivity index (χ2n) is 14.2. The van der Waals surface area contributed by atoms with Crippen molar-refractivity contribution in [1.82, 2.24) is 0 Å². The van der Waals surface area contributed by atoms with Gasteiger partial charge in [-0.15, -0.1) is 0 Å². The monoisotopic (exact) mass is 654 g/mol. The van der Waals surface area contributed by atoms with E-state index in [2.05, 4.69) is 138 Å². The summed E-state index contributed by atoms with van der Waals surface area (Å²) in [7, 11) is 0. The highest BCUT2D eigenvalue weighted by molar-refractivity contribution is 5.88. The van der Waals surface area contributed by atoms with Crippen molar-refractivity contribution < 1.29 is 19.7 Å². The maximum atomic E-state index is 9.42. The predicted molar refractivity (Wildman–Crippen MR) is 201 cm³/mol. The Kier molecular flexibility index (Phi) is 10.3. The fourth-order valence-electron chi connectivity index (χ4n) is 7.55. The number of hydrogen-bond acceptors (Lipinski definition) is 4. The van der Waals surface area contributed by atoms with E-state index in [1.807, 2.05) is 12.1 Å². The van der Waals surface area contributed by atoms with Crippen LogP contribution in [0.15, 0.2) is 121 Å². The second-order valence-corrected chi connectivity index (χ2v) is 14.2. The van der Waals surface area contributed by atoms with Crippen molar-refractivity contribution in [2.75, 3.05) is 26.4 Å². The van der Waals surface area contributed by atoms with E-state index in [4.69, 9.17) is 9.47 Å². The number of fused-ring (bicyclic) bond motifs is 3. The summed E-state index contributed by atoms with van der Waals surface area (Å²) in [6.45, 7) is 11.9. The zero-order valence-corrected chi connectivity index (χ0v) is 29.6. The number of aliphatic hydroxyl groups excluding tert-OH is 2. The van der Waals surface area contributed by atoms with E-state index in [0.29, 0.717) is 5.92 Å². The lowest BCUT2D eigenvalue weighted by molar-refractivity contribution is 0.150. The molecule has 0 saturated carbocycles. The zero-order chi connectivity index (χ0) is 34.6. The number of ether oxygens (including phenoxy) is 2. The molecule has 2 unspecified atom stereocenters. The fourth-order valence-corrected chi connectivity index (χ4v) is 7.55. The Morgan fingerprint density at radius 1 is 0.837 bits per heavy atom. The summed E-state index contributed by atoms with van der Waals surface area (Å²) in [4.78, 5) is 0. The minimum atomic E-state index is -0.509. The van der Waals surface area contributed by atoms with Gasteiger partial charge in [0.2, 0.25) is 0 Å². The van der Waals surface area contributed by atoms with Crippen LogP contribution >= 0.6 is 0 Å². The van der Waals surface area contributed by atoms with Gasteiger partial charge in [-0.1, -0.05) is 120 Å². The summed E-state index contributed by atoms with van der Waals surface area (Å²) >= 11 is 0. The minimum Gasteiger partial charge on any atom is -0.492 e. The third-order valence-corrected chi connectivity index (χ3v) is 10.4. The van der Waals surface area contributed by atoms with E-state index in [-0.39, 0.29) is 37.8 Å². The van der Waals surface area contributed by atoms with Crippen molar-refractivity contribution in [3.05, 3.63) is 154 Å². The van der Waals surface area contributed by atoms with Gasteiger partial charge in [-0.3, -0.25) is 0 Å². The number of rotatable bonds is 13. The van der Waals surface area contributed by atoms with E-state index in [0.717, 1.165) is 24.4 Å². The summed E-state index contributed by atoms with van der Waals surface area (Å²) in [5.74, 6) is 2.00. The summed E-state index contributed by atoms with van der Waals surface area (Å²) in [6.07, 6.45) is 10.8. The lowest BCUT2D eigenvalue weighted by atomic mass is 9.61. The highest BCUT2D eigenvalue weighted by Crippen LogP contribution is 2.59. The first kappa shape index (κ1) is 34.5. The van der Waals surface area contributed by atoms with Crippen LogP contribution in [0.5, 0.6) is 5.75 Å². The molecule has 2 aliphatic rings. The molecule has 6 rings (SSSR count). The summed E-state index contributed by atoms with van der Waals surface area (Å²) in [5.41, 5.74) is 10.8. The first-order valence-corrected chi connectivity index (χ1v) is 17.8. The molecule has 2 aliphatic carbocycles. The zero-order valence-electron chi connectivity index (χ0n) is 29.6. The smallest absolute Gasteiger partial charge is 0.119 e. The molecule has 0 heterocycles. The molecule has 0 radical (unpaired) electrons. The standard InChI is InChI=1S/C45H50O4/c1-6-44(4,5)36-17-23-40-39-22-12-33(41(28-31(2)3)32-10-8-7-9-11-32)29-42(39)45(43(40)30-36,34-13-18-37(19-14-34)48-26-24-46)35-15-20-38(21-16-35)49-27-25-47/h7-15,17-23,28-31,35,46-47H,6,16,24-27H2,1-5H3. The molecular weight excluding hydrogens is 604 g/mol. The third-order valence-electron chi connectivity index (χ3n) is 10.4. The Morgan fingerprint density at radius 3 is 2.14 bits per heavy atom. The summed E-state index contributed by atoms with van der Waals surface area (Å²) < 4.78 is 11.7. The van der Waals surface area contributed by atoms with Crippen LogP contribution in [0.25, 0.3) is 16.7 Å². The van der Waals surface area contributed by atoms with Crippen LogP contribution in [-0.4, -0.2) is 36.6 Å². The van der Waals surface area contributed by atoms with Gasteiger partial charge in [-0.25, -0.2) is 0 Å². The average molecular weight is 655 g/mol. The largest absolute Gasteiger partial charge is 0.492 e. The fraction of sp³-hybridized carbons (Fsp3) is 0.333. The molecule has 0 aliphatic heterocycles. The Hall–Kier alpha value is -4.38. The van der Waals surface area contributed by atoms with Gasteiger partial charge >= 0.3 is 0 Å². The Balaban J connectivity index is 1.64. The summed E-state index contributed by atoms with van der Waals surface area (Å²) in [5, 5.41) is 18.8. The maximum absolute atomic E-state index is 9.42. The van der Waals surface area contributed by atoms with Gasteiger partial charge in [0.25, 0.3) is 0 Å². The summed E-state index contributed by atoms with van der Waals surface area (Å²) in [6, 6.07) is 33.5.